The largest absolute Gasteiger partial charge is 0.507 e. The summed E-state index contributed by atoms with van der Waals surface area (Å²) in [5, 5.41) is 22.6. The standard InChI is InChI=1S/C26H23N3O6/c1-2-13-35-21-10-8-18(9-11-21)24(30)22-23(19-6-3-7-20(14-19)29(33)34)28(26(32)25(22)31)16-17-5-4-12-27-15-17/h3-12,14-15,23,30H,2,13,16H2,1H3/t23-/m1/s1. The minimum Gasteiger partial charge on any atom is -0.507 e. The Labute approximate surface area is 201 Å². The number of hydrogen-bond donors (Lipinski definition) is 1. The lowest BCUT2D eigenvalue weighted by atomic mass is 9.95. The lowest BCUT2D eigenvalue weighted by Gasteiger charge is -2.25. The van der Waals surface area contributed by atoms with E-state index in [9.17, 15) is 24.8 Å². The SMILES string of the molecule is CCCOc1ccc(C(O)=C2C(=O)C(=O)N(Cc3cccnc3)[C@@H]2c2cccc([N+](=O)[O-])c2)cc1. The van der Waals surface area contributed by atoms with Crippen molar-refractivity contribution in [3.05, 3.63) is 105 Å². The summed E-state index contributed by atoms with van der Waals surface area (Å²) >= 11 is 0. The van der Waals surface area contributed by atoms with Crippen LogP contribution in [0.3, 0.4) is 0 Å². The lowest BCUT2D eigenvalue weighted by molar-refractivity contribution is -0.384. The first-order valence-corrected chi connectivity index (χ1v) is 11.1. The Balaban J connectivity index is 1.82. The molecule has 178 valence electrons. The third-order valence-electron chi connectivity index (χ3n) is 5.61. The van der Waals surface area contributed by atoms with E-state index in [0.29, 0.717) is 29.0 Å². The molecule has 3 aromatic rings. The number of nitrogens with zero attached hydrogens (tertiary/aromatic N) is 3. The Morgan fingerprint density at radius 3 is 2.57 bits per heavy atom. The van der Waals surface area contributed by atoms with Gasteiger partial charge in [-0.2, -0.15) is 0 Å². The number of aliphatic hydroxyl groups excluding tert-OH is 1. The maximum atomic E-state index is 13.1. The quantitative estimate of drug-likeness (QED) is 0.169. The number of carbonyl (C=O) groups excluding carboxylic acids is 2. The molecule has 2 heterocycles. The fraction of sp³-hybridized carbons (Fsp3) is 0.192. The highest BCUT2D eigenvalue weighted by molar-refractivity contribution is 6.46. The number of hydrogen-bond acceptors (Lipinski definition) is 7. The highest BCUT2D eigenvalue weighted by Crippen LogP contribution is 2.41. The van der Waals surface area contributed by atoms with Crippen LogP contribution >= 0.6 is 0 Å². The normalized spacial score (nSPS) is 16.9. The van der Waals surface area contributed by atoms with Gasteiger partial charge in [-0.15, -0.1) is 0 Å². The van der Waals surface area contributed by atoms with E-state index in [2.05, 4.69) is 4.98 Å². The van der Waals surface area contributed by atoms with Gasteiger partial charge in [0.2, 0.25) is 0 Å². The van der Waals surface area contributed by atoms with E-state index in [1.54, 1.807) is 54.9 Å². The Bertz CT molecular complexity index is 1290. The molecule has 1 aliphatic rings. The van der Waals surface area contributed by atoms with E-state index >= 15 is 0 Å². The molecule has 2 aromatic carbocycles. The smallest absolute Gasteiger partial charge is 0.295 e. The van der Waals surface area contributed by atoms with Crippen LogP contribution in [0.25, 0.3) is 5.76 Å². The molecule has 1 N–H and O–H groups in total. The number of ketones is 1. The number of nitro groups is 1. The zero-order chi connectivity index (χ0) is 24.9. The summed E-state index contributed by atoms with van der Waals surface area (Å²) in [5.41, 5.74) is 1.01. The molecular weight excluding hydrogens is 450 g/mol. The molecule has 9 nitrogen and oxygen atoms in total. The number of likely N-dealkylation sites (tertiary alicyclic amines) is 1. The molecule has 1 saturated heterocycles. The van der Waals surface area contributed by atoms with Crippen LogP contribution in [0.2, 0.25) is 0 Å². The number of aromatic nitrogens is 1. The molecule has 0 unspecified atom stereocenters. The summed E-state index contributed by atoms with van der Waals surface area (Å²) in [6.45, 7) is 2.56. The predicted molar refractivity (Wildman–Crippen MR) is 127 cm³/mol. The predicted octanol–water partition coefficient (Wildman–Crippen LogP) is 4.40. The summed E-state index contributed by atoms with van der Waals surface area (Å²) in [4.78, 5) is 42.4. The maximum Gasteiger partial charge on any atom is 0.295 e. The summed E-state index contributed by atoms with van der Waals surface area (Å²) in [6.07, 6.45) is 3.99. The van der Waals surface area contributed by atoms with Crippen molar-refractivity contribution in [2.75, 3.05) is 6.61 Å². The number of rotatable bonds is 8. The van der Waals surface area contributed by atoms with E-state index in [1.165, 1.54) is 23.1 Å². The second-order valence-electron chi connectivity index (χ2n) is 8.01. The average Bonchev–Trinajstić information content (AvgIpc) is 3.13. The first-order valence-electron chi connectivity index (χ1n) is 11.1. The molecule has 0 radical (unpaired) electrons. The van der Waals surface area contributed by atoms with Gasteiger partial charge in [-0.05, 0) is 47.9 Å². The van der Waals surface area contributed by atoms with Crippen LogP contribution in [-0.4, -0.2) is 38.2 Å². The monoisotopic (exact) mass is 473 g/mol. The molecule has 0 bridgehead atoms. The van der Waals surface area contributed by atoms with Gasteiger partial charge < -0.3 is 14.7 Å². The third-order valence-corrected chi connectivity index (χ3v) is 5.61. The first kappa shape index (κ1) is 23.6. The Hall–Kier alpha value is -4.53. The number of aliphatic hydroxyl groups is 1. The van der Waals surface area contributed by atoms with Gasteiger partial charge in [0, 0.05) is 36.6 Å². The topological polar surface area (TPSA) is 123 Å². The minimum absolute atomic E-state index is 0.0341. The van der Waals surface area contributed by atoms with Crippen LogP contribution < -0.4 is 4.74 Å². The summed E-state index contributed by atoms with van der Waals surface area (Å²) in [5.74, 6) is -1.43. The zero-order valence-electron chi connectivity index (χ0n) is 19.0. The van der Waals surface area contributed by atoms with Crippen LogP contribution in [0.4, 0.5) is 5.69 Å². The Kier molecular flexibility index (Phi) is 6.86. The van der Waals surface area contributed by atoms with Gasteiger partial charge in [-0.3, -0.25) is 24.7 Å². The molecule has 9 heteroatoms. The highest BCUT2D eigenvalue weighted by Gasteiger charge is 2.46. The summed E-state index contributed by atoms with van der Waals surface area (Å²) < 4.78 is 5.57. The van der Waals surface area contributed by atoms with Gasteiger partial charge in [0.25, 0.3) is 17.4 Å². The molecule has 1 aliphatic heterocycles. The van der Waals surface area contributed by atoms with Crippen LogP contribution in [0.1, 0.15) is 36.1 Å². The molecule has 4 rings (SSSR count). The second-order valence-corrected chi connectivity index (χ2v) is 8.01. The van der Waals surface area contributed by atoms with Crippen molar-refractivity contribution in [1.29, 1.82) is 0 Å². The number of pyridine rings is 1. The van der Waals surface area contributed by atoms with E-state index in [0.717, 1.165) is 6.42 Å². The second kappa shape index (κ2) is 10.2. The van der Waals surface area contributed by atoms with Crippen molar-refractivity contribution in [3.8, 4) is 5.75 Å². The van der Waals surface area contributed by atoms with Crippen molar-refractivity contribution in [3.63, 3.8) is 0 Å². The number of carbonyl (C=O) groups is 2. The van der Waals surface area contributed by atoms with Crippen LogP contribution in [-0.2, 0) is 16.1 Å². The van der Waals surface area contributed by atoms with Gasteiger partial charge in [0.15, 0.2) is 0 Å². The lowest BCUT2D eigenvalue weighted by Crippen LogP contribution is -2.29. The van der Waals surface area contributed by atoms with E-state index in [-0.39, 0.29) is 23.6 Å². The Morgan fingerprint density at radius 2 is 1.91 bits per heavy atom. The molecule has 0 saturated carbocycles. The zero-order valence-corrected chi connectivity index (χ0v) is 19.0. The van der Waals surface area contributed by atoms with Gasteiger partial charge in [0.05, 0.1) is 23.1 Å². The number of Topliss-reactive ketones (excluding diaryl/α,β-unsaturated/α-hetero) is 1. The molecule has 0 spiro atoms. The van der Waals surface area contributed by atoms with Crippen molar-refractivity contribution >= 4 is 23.1 Å². The average molecular weight is 473 g/mol. The molecule has 1 fully saturated rings. The highest BCUT2D eigenvalue weighted by atomic mass is 16.6. The van der Waals surface area contributed by atoms with Crippen LogP contribution in [0.15, 0.2) is 78.6 Å². The maximum absolute atomic E-state index is 13.1. The first-order chi connectivity index (χ1) is 16.9. The van der Waals surface area contributed by atoms with E-state index in [4.69, 9.17) is 4.74 Å². The molecule has 35 heavy (non-hydrogen) atoms. The Morgan fingerprint density at radius 1 is 1.14 bits per heavy atom. The van der Waals surface area contributed by atoms with E-state index in [1.807, 2.05) is 6.92 Å². The number of benzene rings is 2. The summed E-state index contributed by atoms with van der Waals surface area (Å²) in [6, 6.07) is 14.7. The minimum atomic E-state index is -1.02. The van der Waals surface area contributed by atoms with Crippen molar-refractivity contribution in [2.24, 2.45) is 0 Å². The fourth-order valence-corrected chi connectivity index (χ4v) is 3.97. The molecule has 0 aliphatic carbocycles. The van der Waals surface area contributed by atoms with Gasteiger partial charge >= 0.3 is 0 Å². The number of amides is 1. The third kappa shape index (κ3) is 4.89. The molecule has 1 atom stereocenters. The van der Waals surface area contributed by atoms with E-state index < -0.39 is 22.7 Å². The number of ether oxygens (including phenoxy) is 1. The number of nitro benzene ring substituents is 1. The summed E-state index contributed by atoms with van der Waals surface area (Å²) in [7, 11) is 0. The van der Waals surface area contributed by atoms with Crippen LogP contribution in [0.5, 0.6) is 5.75 Å². The molecule has 1 amide bonds. The van der Waals surface area contributed by atoms with Crippen molar-refractivity contribution in [2.45, 2.75) is 25.9 Å². The van der Waals surface area contributed by atoms with Crippen molar-refractivity contribution < 1.29 is 24.4 Å². The van der Waals surface area contributed by atoms with Crippen molar-refractivity contribution in [1.82, 2.24) is 9.88 Å². The van der Waals surface area contributed by atoms with Gasteiger partial charge in [-0.25, -0.2) is 0 Å². The fourth-order valence-electron chi connectivity index (χ4n) is 3.97. The van der Waals surface area contributed by atoms with Gasteiger partial charge in [0.1, 0.15) is 11.5 Å². The van der Waals surface area contributed by atoms with Gasteiger partial charge in [-0.1, -0.05) is 25.1 Å². The number of non-ortho nitro benzene ring substituents is 1. The molecular formula is C26H23N3O6. The molecule has 1 aromatic heterocycles. The van der Waals surface area contributed by atoms with Crippen LogP contribution in [0, 0.1) is 10.1 Å².